The third kappa shape index (κ3) is 23.3. The second-order valence-electron chi connectivity index (χ2n) is 12.1. The van der Waals surface area contributed by atoms with E-state index in [-0.39, 0.29) is 25.9 Å². The molecule has 2 unspecified atom stereocenters. The summed E-state index contributed by atoms with van der Waals surface area (Å²) in [4.78, 5) is 62.9. The van der Waals surface area contributed by atoms with Crippen LogP contribution in [0.4, 0.5) is 9.59 Å². The van der Waals surface area contributed by atoms with E-state index in [4.69, 9.17) is 24.7 Å². The normalized spacial score (nSPS) is 12.8. The van der Waals surface area contributed by atoms with Crippen LogP contribution < -0.4 is 32.3 Å². The second kappa shape index (κ2) is 22.4. The maximum atomic E-state index is 13.3. The standard InChI is InChI=1S/C29H56N6O9/c1-28(2,3)43-26(39)32-15-11-9-13-22(35-27(40)44-29(4,5)6)25(38)34-21(12-8-10-14-30)24(37)33-20-23(36)31-16-17-42-19-18-41-7/h21-22H,8-20,30H2,1-7H3,(H,31,36)(H,32,39)(H,33,37)(H,34,38)(H,35,40). The van der Waals surface area contributed by atoms with Gasteiger partial charge in [-0.1, -0.05) is 0 Å². The van der Waals surface area contributed by atoms with E-state index in [0.717, 1.165) is 0 Å². The Balaban J connectivity index is 5.20. The third-order valence-electron chi connectivity index (χ3n) is 5.60. The molecule has 0 rings (SSSR count). The van der Waals surface area contributed by atoms with Gasteiger partial charge in [0.25, 0.3) is 0 Å². The Bertz CT molecular complexity index is 874. The van der Waals surface area contributed by atoms with Gasteiger partial charge in [0.1, 0.15) is 23.3 Å². The molecule has 0 saturated carbocycles. The lowest BCUT2D eigenvalue weighted by Crippen LogP contribution is -2.55. The van der Waals surface area contributed by atoms with Gasteiger partial charge in [-0.05, 0) is 86.6 Å². The van der Waals surface area contributed by atoms with Crippen molar-refractivity contribution in [1.29, 1.82) is 0 Å². The molecule has 0 aliphatic heterocycles. The Hall–Kier alpha value is -3.17. The number of methoxy groups -OCH3 is 1. The van der Waals surface area contributed by atoms with Crippen LogP contribution in [0.15, 0.2) is 0 Å². The second-order valence-corrected chi connectivity index (χ2v) is 12.1. The van der Waals surface area contributed by atoms with Crippen LogP contribution in [0.25, 0.3) is 0 Å². The zero-order valence-electron chi connectivity index (χ0n) is 27.6. The van der Waals surface area contributed by atoms with Crippen molar-refractivity contribution >= 4 is 29.9 Å². The van der Waals surface area contributed by atoms with Gasteiger partial charge in [-0.3, -0.25) is 14.4 Å². The van der Waals surface area contributed by atoms with Gasteiger partial charge in [0.2, 0.25) is 17.7 Å². The number of carbonyl (C=O) groups is 5. The summed E-state index contributed by atoms with van der Waals surface area (Å²) in [7, 11) is 1.56. The molecule has 0 spiro atoms. The molecule has 0 radical (unpaired) electrons. The highest BCUT2D eigenvalue weighted by Crippen LogP contribution is 2.10. The van der Waals surface area contributed by atoms with Crippen LogP contribution in [0, 0.1) is 0 Å². The predicted molar refractivity (Wildman–Crippen MR) is 165 cm³/mol. The van der Waals surface area contributed by atoms with Crippen molar-refractivity contribution in [3.8, 4) is 0 Å². The molecular weight excluding hydrogens is 576 g/mol. The van der Waals surface area contributed by atoms with Crippen molar-refractivity contribution in [2.45, 2.75) is 103 Å². The molecular formula is C29H56N6O9. The van der Waals surface area contributed by atoms with E-state index in [1.54, 1.807) is 48.7 Å². The van der Waals surface area contributed by atoms with E-state index in [9.17, 15) is 24.0 Å². The third-order valence-corrected chi connectivity index (χ3v) is 5.60. The highest BCUT2D eigenvalue weighted by atomic mass is 16.6. The Morgan fingerprint density at radius 3 is 1.84 bits per heavy atom. The fraction of sp³-hybridized carbons (Fsp3) is 0.828. The number of ether oxygens (including phenoxy) is 4. The summed E-state index contributed by atoms with van der Waals surface area (Å²) in [5.74, 6) is -1.54. The molecule has 2 atom stereocenters. The minimum absolute atomic E-state index is 0.215. The van der Waals surface area contributed by atoms with Crippen LogP contribution in [-0.4, -0.2) is 106 Å². The van der Waals surface area contributed by atoms with Gasteiger partial charge in [-0.15, -0.1) is 0 Å². The molecule has 5 amide bonds. The minimum atomic E-state index is -1.02. The lowest BCUT2D eigenvalue weighted by molar-refractivity contribution is -0.131. The largest absolute Gasteiger partial charge is 0.444 e. The number of unbranched alkanes of at least 4 members (excludes halogenated alkanes) is 2. The van der Waals surface area contributed by atoms with Gasteiger partial charge in [0, 0.05) is 20.2 Å². The van der Waals surface area contributed by atoms with E-state index in [0.29, 0.717) is 58.6 Å². The van der Waals surface area contributed by atoms with Crippen LogP contribution in [0.5, 0.6) is 0 Å². The Morgan fingerprint density at radius 2 is 1.25 bits per heavy atom. The molecule has 15 nitrogen and oxygen atoms in total. The molecule has 15 heteroatoms. The van der Waals surface area contributed by atoms with Gasteiger partial charge >= 0.3 is 12.2 Å². The number of amides is 5. The smallest absolute Gasteiger partial charge is 0.408 e. The molecule has 0 aromatic heterocycles. The first-order valence-electron chi connectivity index (χ1n) is 15.2. The number of rotatable bonds is 21. The Morgan fingerprint density at radius 1 is 0.659 bits per heavy atom. The van der Waals surface area contributed by atoms with Crippen molar-refractivity contribution in [2.75, 3.05) is 53.1 Å². The fourth-order valence-electron chi connectivity index (χ4n) is 3.59. The molecule has 0 aromatic carbocycles. The van der Waals surface area contributed by atoms with Crippen molar-refractivity contribution in [3.05, 3.63) is 0 Å². The molecule has 256 valence electrons. The molecule has 0 aliphatic rings. The summed E-state index contributed by atoms with van der Waals surface area (Å²) < 4.78 is 20.7. The molecule has 0 bridgehead atoms. The summed E-state index contributed by atoms with van der Waals surface area (Å²) in [5.41, 5.74) is 4.19. The monoisotopic (exact) mass is 632 g/mol. The van der Waals surface area contributed by atoms with Gasteiger partial charge in [0.15, 0.2) is 0 Å². The Labute approximate surface area is 261 Å². The highest BCUT2D eigenvalue weighted by Gasteiger charge is 2.28. The summed E-state index contributed by atoms with van der Waals surface area (Å²) in [6.07, 6.45) is 1.32. The van der Waals surface area contributed by atoms with Gasteiger partial charge in [0.05, 0.1) is 26.4 Å². The van der Waals surface area contributed by atoms with Gasteiger partial charge < -0.3 is 51.3 Å². The van der Waals surface area contributed by atoms with E-state index < -0.39 is 53.2 Å². The first-order valence-corrected chi connectivity index (χ1v) is 15.2. The molecule has 0 aliphatic carbocycles. The first kappa shape index (κ1) is 40.8. The van der Waals surface area contributed by atoms with Crippen molar-refractivity contribution < 1.29 is 42.9 Å². The number of nitrogens with one attached hydrogen (secondary N) is 5. The summed E-state index contributed by atoms with van der Waals surface area (Å²) >= 11 is 0. The van der Waals surface area contributed by atoms with E-state index in [2.05, 4.69) is 26.6 Å². The van der Waals surface area contributed by atoms with Crippen molar-refractivity contribution in [2.24, 2.45) is 5.73 Å². The lowest BCUT2D eigenvalue weighted by Gasteiger charge is -2.25. The average molecular weight is 633 g/mol. The number of nitrogens with two attached hydrogens (primary N) is 1. The lowest BCUT2D eigenvalue weighted by atomic mass is 10.1. The first-order chi connectivity index (χ1) is 20.6. The number of hydrogen-bond acceptors (Lipinski definition) is 10. The SMILES string of the molecule is COCCOCCNC(=O)CNC(=O)C(CCCCN)NC(=O)C(CCCCNC(=O)OC(C)(C)C)NC(=O)OC(C)(C)C. The van der Waals surface area contributed by atoms with Crippen LogP contribution in [-0.2, 0) is 33.3 Å². The highest BCUT2D eigenvalue weighted by molar-refractivity contribution is 5.92. The quantitative estimate of drug-likeness (QED) is 0.0992. The van der Waals surface area contributed by atoms with Gasteiger partial charge in [-0.2, -0.15) is 0 Å². The van der Waals surface area contributed by atoms with Crippen molar-refractivity contribution in [1.82, 2.24) is 26.6 Å². The maximum absolute atomic E-state index is 13.3. The minimum Gasteiger partial charge on any atom is -0.444 e. The van der Waals surface area contributed by atoms with Crippen LogP contribution in [0.3, 0.4) is 0 Å². The summed E-state index contributed by atoms with van der Waals surface area (Å²) in [6.45, 7) is 12.2. The van der Waals surface area contributed by atoms with E-state index in [1.165, 1.54) is 0 Å². The van der Waals surface area contributed by atoms with Crippen LogP contribution >= 0.6 is 0 Å². The molecule has 0 saturated heterocycles. The summed E-state index contributed by atoms with van der Waals surface area (Å²) in [5, 5.41) is 13.1. The molecule has 0 fully saturated rings. The fourth-order valence-corrected chi connectivity index (χ4v) is 3.59. The van der Waals surface area contributed by atoms with E-state index in [1.807, 2.05) is 0 Å². The summed E-state index contributed by atoms with van der Waals surface area (Å²) in [6, 6.07) is -1.98. The number of carbonyl (C=O) groups excluding carboxylic acids is 5. The predicted octanol–water partition coefficient (Wildman–Crippen LogP) is 1.08. The maximum Gasteiger partial charge on any atom is 0.408 e. The number of hydrogen-bond donors (Lipinski definition) is 6. The average Bonchev–Trinajstić information content (AvgIpc) is 2.90. The van der Waals surface area contributed by atoms with E-state index >= 15 is 0 Å². The molecule has 0 aromatic rings. The number of alkyl carbamates (subject to hydrolysis) is 2. The molecule has 7 N–H and O–H groups in total. The van der Waals surface area contributed by atoms with Crippen molar-refractivity contribution in [3.63, 3.8) is 0 Å². The Kier molecular flexibility index (Phi) is 20.7. The zero-order valence-corrected chi connectivity index (χ0v) is 27.6. The molecule has 44 heavy (non-hydrogen) atoms. The van der Waals surface area contributed by atoms with Gasteiger partial charge in [-0.25, -0.2) is 9.59 Å². The molecule has 0 heterocycles. The van der Waals surface area contributed by atoms with Crippen LogP contribution in [0.2, 0.25) is 0 Å². The van der Waals surface area contributed by atoms with Crippen LogP contribution in [0.1, 0.15) is 80.1 Å². The topological polar surface area (TPSA) is 208 Å². The zero-order chi connectivity index (χ0) is 33.6.